The van der Waals surface area contributed by atoms with Crippen molar-refractivity contribution >= 4 is 11.8 Å². The third kappa shape index (κ3) is 2.03. The topological polar surface area (TPSA) is 3.24 Å². The molecule has 0 spiro atoms. The fraction of sp³-hybridized carbons (Fsp3) is 0.333. The van der Waals surface area contributed by atoms with Gasteiger partial charge in [0.25, 0.3) is 0 Å². The van der Waals surface area contributed by atoms with Gasteiger partial charge in [-0.3, -0.25) is 0 Å². The van der Waals surface area contributed by atoms with Crippen LogP contribution in [0.25, 0.3) is 6.08 Å². The SMILES string of the molecule is CC1CC=CC2=C1C=Cc1ccccc1N2C(C)C. The largest absolute Gasteiger partial charge is 0.338 e. The quantitative estimate of drug-likeness (QED) is 0.694. The summed E-state index contributed by atoms with van der Waals surface area (Å²) in [6, 6.07) is 9.13. The number of rotatable bonds is 1. The van der Waals surface area contributed by atoms with E-state index in [9.17, 15) is 0 Å². The molecule has 0 bridgehead atoms. The fourth-order valence-electron chi connectivity index (χ4n) is 3.04. The number of hydrogen-bond acceptors (Lipinski definition) is 1. The van der Waals surface area contributed by atoms with Crippen molar-refractivity contribution in [3.63, 3.8) is 0 Å². The second kappa shape index (κ2) is 4.73. The molecule has 0 saturated heterocycles. The molecule has 1 aliphatic carbocycles. The number of hydrogen-bond donors (Lipinski definition) is 0. The molecule has 0 N–H and O–H groups in total. The van der Waals surface area contributed by atoms with Gasteiger partial charge in [-0.15, -0.1) is 0 Å². The normalized spacial score (nSPS) is 21.5. The van der Waals surface area contributed by atoms with E-state index in [1.165, 1.54) is 22.5 Å². The van der Waals surface area contributed by atoms with E-state index in [2.05, 4.69) is 74.2 Å². The molecule has 0 radical (unpaired) electrons. The molecule has 1 unspecified atom stereocenters. The summed E-state index contributed by atoms with van der Waals surface area (Å²) in [5.74, 6) is 0.604. The van der Waals surface area contributed by atoms with E-state index in [0.717, 1.165) is 6.42 Å². The molecule has 19 heavy (non-hydrogen) atoms. The Labute approximate surface area is 115 Å². The van der Waals surface area contributed by atoms with Crippen LogP contribution in [0.4, 0.5) is 5.69 Å². The molecule has 1 nitrogen and oxygen atoms in total. The van der Waals surface area contributed by atoms with E-state index in [0.29, 0.717) is 12.0 Å². The first-order valence-electron chi connectivity index (χ1n) is 7.15. The molecule has 1 aromatic rings. The first-order chi connectivity index (χ1) is 9.18. The van der Waals surface area contributed by atoms with Gasteiger partial charge in [0.15, 0.2) is 0 Å². The van der Waals surface area contributed by atoms with Gasteiger partial charge in [0.05, 0.1) is 0 Å². The number of anilines is 1. The van der Waals surface area contributed by atoms with Crippen molar-refractivity contribution in [2.24, 2.45) is 5.92 Å². The summed E-state index contributed by atoms with van der Waals surface area (Å²) < 4.78 is 0. The van der Waals surface area contributed by atoms with Crippen LogP contribution in [0, 0.1) is 5.92 Å². The van der Waals surface area contributed by atoms with Crippen LogP contribution in [-0.4, -0.2) is 6.04 Å². The Morgan fingerprint density at radius 1 is 1.11 bits per heavy atom. The van der Waals surface area contributed by atoms with Crippen LogP contribution in [0.2, 0.25) is 0 Å². The first kappa shape index (κ1) is 12.3. The van der Waals surface area contributed by atoms with E-state index < -0.39 is 0 Å². The molecule has 2 aliphatic rings. The third-order valence-electron chi connectivity index (χ3n) is 4.01. The number of para-hydroxylation sites is 1. The first-order valence-corrected chi connectivity index (χ1v) is 7.15. The third-order valence-corrected chi connectivity index (χ3v) is 4.01. The molecular formula is C18H21N. The van der Waals surface area contributed by atoms with Crippen LogP contribution < -0.4 is 4.90 Å². The predicted molar refractivity (Wildman–Crippen MR) is 83.0 cm³/mol. The van der Waals surface area contributed by atoms with Crippen LogP contribution in [0.5, 0.6) is 0 Å². The molecule has 1 aromatic carbocycles. The van der Waals surface area contributed by atoms with Gasteiger partial charge in [0.2, 0.25) is 0 Å². The van der Waals surface area contributed by atoms with Crippen LogP contribution >= 0.6 is 0 Å². The summed E-state index contributed by atoms with van der Waals surface area (Å²) in [6.45, 7) is 6.84. The van der Waals surface area contributed by atoms with Crippen molar-refractivity contribution in [2.45, 2.75) is 33.2 Å². The van der Waals surface area contributed by atoms with Gasteiger partial charge in [-0.2, -0.15) is 0 Å². The Bertz CT molecular complexity index is 575. The molecule has 0 fully saturated rings. The van der Waals surface area contributed by atoms with E-state index in [1.807, 2.05) is 0 Å². The number of fused-ring (bicyclic) bond motifs is 1. The van der Waals surface area contributed by atoms with Gasteiger partial charge in [-0.25, -0.2) is 0 Å². The zero-order valence-electron chi connectivity index (χ0n) is 11.9. The highest BCUT2D eigenvalue weighted by Gasteiger charge is 2.24. The fourth-order valence-corrected chi connectivity index (χ4v) is 3.04. The van der Waals surface area contributed by atoms with Crippen molar-refractivity contribution in [1.29, 1.82) is 0 Å². The Kier molecular flexibility index (Phi) is 3.06. The zero-order chi connectivity index (χ0) is 13.4. The molecular weight excluding hydrogens is 230 g/mol. The summed E-state index contributed by atoms with van der Waals surface area (Å²) in [6.07, 6.45) is 10.3. The van der Waals surface area contributed by atoms with Crippen molar-refractivity contribution < 1.29 is 0 Å². The minimum absolute atomic E-state index is 0.459. The molecule has 1 heterocycles. The molecule has 1 heteroatoms. The number of nitrogens with zero attached hydrogens (tertiary/aromatic N) is 1. The number of allylic oxidation sites excluding steroid dienone is 4. The minimum atomic E-state index is 0.459. The van der Waals surface area contributed by atoms with Gasteiger partial charge in [0, 0.05) is 17.4 Å². The summed E-state index contributed by atoms with van der Waals surface area (Å²) in [5, 5.41) is 0. The maximum Gasteiger partial charge on any atom is 0.0486 e. The molecule has 3 rings (SSSR count). The second-order valence-corrected chi connectivity index (χ2v) is 5.74. The van der Waals surface area contributed by atoms with Crippen molar-refractivity contribution in [3.05, 3.63) is 59.3 Å². The highest BCUT2D eigenvalue weighted by atomic mass is 15.2. The lowest BCUT2D eigenvalue weighted by Crippen LogP contribution is -2.31. The van der Waals surface area contributed by atoms with Gasteiger partial charge >= 0.3 is 0 Å². The van der Waals surface area contributed by atoms with Crippen LogP contribution in [-0.2, 0) is 0 Å². The van der Waals surface area contributed by atoms with E-state index in [4.69, 9.17) is 0 Å². The van der Waals surface area contributed by atoms with E-state index in [-0.39, 0.29) is 0 Å². The number of benzene rings is 1. The lowest BCUT2D eigenvalue weighted by Gasteiger charge is -2.34. The zero-order valence-corrected chi connectivity index (χ0v) is 11.9. The highest BCUT2D eigenvalue weighted by Crippen LogP contribution is 2.37. The summed E-state index contributed by atoms with van der Waals surface area (Å²) >= 11 is 0. The van der Waals surface area contributed by atoms with Gasteiger partial charge in [-0.1, -0.05) is 43.4 Å². The Hall–Kier alpha value is -1.76. The Balaban J connectivity index is 2.22. The van der Waals surface area contributed by atoms with Gasteiger partial charge < -0.3 is 4.90 Å². The summed E-state index contributed by atoms with van der Waals surface area (Å²) in [4.78, 5) is 2.47. The highest BCUT2D eigenvalue weighted by molar-refractivity contribution is 5.75. The average molecular weight is 251 g/mol. The summed E-state index contributed by atoms with van der Waals surface area (Å²) in [5.41, 5.74) is 5.46. The summed E-state index contributed by atoms with van der Waals surface area (Å²) in [7, 11) is 0. The lowest BCUT2D eigenvalue weighted by molar-refractivity contribution is 0.672. The van der Waals surface area contributed by atoms with Crippen LogP contribution in [0.15, 0.2) is 53.8 Å². The maximum absolute atomic E-state index is 2.47. The smallest absolute Gasteiger partial charge is 0.0486 e. The monoisotopic (exact) mass is 251 g/mol. The van der Waals surface area contributed by atoms with E-state index >= 15 is 0 Å². The minimum Gasteiger partial charge on any atom is -0.338 e. The molecule has 0 amide bonds. The van der Waals surface area contributed by atoms with Gasteiger partial charge in [-0.05, 0) is 49.5 Å². The lowest BCUT2D eigenvalue weighted by atomic mass is 9.90. The van der Waals surface area contributed by atoms with Crippen molar-refractivity contribution in [3.8, 4) is 0 Å². The molecule has 1 atom stereocenters. The molecule has 0 aromatic heterocycles. The van der Waals surface area contributed by atoms with Crippen LogP contribution in [0.3, 0.4) is 0 Å². The molecule has 98 valence electrons. The van der Waals surface area contributed by atoms with E-state index in [1.54, 1.807) is 0 Å². The Morgan fingerprint density at radius 2 is 1.89 bits per heavy atom. The maximum atomic E-state index is 2.47. The van der Waals surface area contributed by atoms with Crippen molar-refractivity contribution in [2.75, 3.05) is 4.90 Å². The Morgan fingerprint density at radius 3 is 2.68 bits per heavy atom. The van der Waals surface area contributed by atoms with Crippen LogP contribution in [0.1, 0.15) is 32.8 Å². The second-order valence-electron chi connectivity index (χ2n) is 5.74. The van der Waals surface area contributed by atoms with Gasteiger partial charge in [0.1, 0.15) is 0 Å². The van der Waals surface area contributed by atoms with Crippen molar-refractivity contribution in [1.82, 2.24) is 0 Å². The predicted octanol–water partition coefficient (Wildman–Crippen LogP) is 4.78. The standard InChI is InChI=1S/C18H21N/c1-13(2)19-17-9-5-4-8-15(17)11-12-16-14(3)7-6-10-18(16)19/h4-6,8-14H,7H2,1-3H3. The average Bonchev–Trinajstić information content (AvgIpc) is 2.56. The molecule has 0 saturated carbocycles. The molecule has 1 aliphatic heterocycles.